The maximum atomic E-state index is 12.7. The minimum Gasteiger partial charge on any atom is -0.493 e. The van der Waals surface area contributed by atoms with Gasteiger partial charge in [-0.25, -0.2) is 13.4 Å². The van der Waals surface area contributed by atoms with Crippen molar-refractivity contribution in [1.29, 1.82) is 0 Å². The average molecular weight is 352 g/mol. The summed E-state index contributed by atoms with van der Waals surface area (Å²) in [6.45, 7) is 1.84. The van der Waals surface area contributed by atoms with Gasteiger partial charge in [0.25, 0.3) is 10.0 Å². The lowest BCUT2D eigenvalue weighted by molar-refractivity contribution is 0.415. The highest BCUT2D eigenvalue weighted by Crippen LogP contribution is 2.29. The minimum absolute atomic E-state index is 0.119. The summed E-state index contributed by atoms with van der Waals surface area (Å²) in [5, 5.41) is 1.08. The number of fused-ring (bicyclic) bond motifs is 1. The van der Waals surface area contributed by atoms with Crippen LogP contribution < -0.4 is 9.46 Å². The number of nitrogens with one attached hydrogen (secondary N) is 2. The van der Waals surface area contributed by atoms with Gasteiger partial charge < -0.3 is 9.72 Å². The third-order valence-electron chi connectivity index (χ3n) is 3.34. The van der Waals surface area contributed by atoms with Gasteiger partial charge in [0.2, 0.25) is 0 Å². The van der Waals surface area contributed by atoms with E-state index in [1.807, 2.05) is 6.92 Å². The number of rotatable bonds is 4. The van der Waals surface area contributed by atoms with Crippen LogP contribution in [0.25, 0.3) is 10.9 Å². The van der Waals surface area contributed by atoms with E-state index < -0.39 is 10.0 Å². The van der Waals surface area contributed by atoms with Gasteiger partial charge in [0, 0.05) is 28.3 Å². The maximum Gasteiger partial charge on any atom is 0.265 e. The van der Waals surface area contributed by atoms with Crippen molar-refractivity contribution in [2.75, 3.05) is 11.8 Å². The van der Waals surface area contributed by atoms with Gasteiger partial charge in [0.05, 0.1) is 7.11 Å². The lowest BCUT2D eigenvalue weighted by Crippen LogP contribution is -2.14. The Morgan fingerprint density at radius 2 is 2.09 bits per heavy atom. The van der Waals surface area contributed by atoms with Crippen molar-refractivity contribution in [2.24, 2.45) is 0 Å². The zero-order valence-electron chi connectivity index (χ0n) is 12.4. The van der Waals surface area contributed by atoms with Crippen LogP contribution in [0.2, 0.25) is 5.02 Å². The Morgan fingerprint density at radius 3 is 2.83 bits per heavy atom. The van der Waals surface area contributed by atoms with Crippen molar-refractivity contribution in [2.45, 2.75) is 11.8 Å². The number of pyridine rings is 1. The normalized spacial score (nSPS) is 11.6. The van der Waals surface area contributed by atoms with Gasteiger partial charge in [-0.2, -0.15) is 0 Å². The molecule has 6 nitrogen and oxygen atoms in total. The second-order valence-corrected chi connectivity index (χ2v) is 7.10. The van der Waals surface area contributed by atoms with E-state index in [2.05, 4.69) is 14.7 Å². The molecule has 0 aliphatic rings. The lowest BCUT2D eigenvalue weighted by Gasteiger charge is -2.11. The summed E-state index contributed by atoms with van der Waals surface area (Å²) in [7, 11) is -2.36. The molecule has 0 unspecified atom stereocenters. The van der Waals surface area contributed by atoms with Gasteiger partial charge in [-0.1, -0.05) is 11.6 Å². The molecular weight excluding hydrogens is 338 g/mol. The van der Waals surface area contributed by atoms with Gasteiger partial charge >= 0.3 is 0 Å². The Balaban J connectivity index is 2.04. The van der Waals surface area contributed by atoms with E-state index in [1.54, 1.807) is 30.5 Å². The molecule has 2 heterocycles. The van der Waals surface area contributed by atoms with Crippen LogP contribution >= 0.6 is 11.6 Å². The van der Waals surface area contributed by atoms with Crippen LogP contribution in [0.3, 0.4) is 0 Å². The molecule has 0 atom stereocenters. The average Bonchev–Trinajstić information content (AvgIpc) is 2.92. The fourth-order valence-electron chi connectivity index (χ4n) is 2.25. The van der Waals surface area contributed by atoms with Gasteiger partial charge in [-0.15, -0.1) is 0 Å². The van der Waals surface area contributed by atoms with Gasteiger partial charge in [-0.3, -0.25) is 4.72 Å². The molecule has 0 aliphatic carbocycles. The summed E-state index contributed by atoms with van der Waals surface area (Å²) in [4.78, 5) is 7.11. The maximum absolute atomic E-state index is 12.7. The molecule has 0 amide bonds. The second-order valence-electron chi connectivity index (χ2n) is 5.01. The van der Waals surface area contributed by atoms with Crippen molar-refractivity contribution in [1.82, 2.24) is 9.97 Å². The number of methoxy groups -OCH3 is 1. The molecule has 0 spiro atoms. The molecule has 2 aromatic heterocycles. The summed E-state index contributed by atoms with van der Waals surface area (Å²) in [6.07, 6.45) is 2.99. The number of aromatic nitrogens is 2. The number of halogens is 1. The molecular formula is C15H14ClN3O3S. The van der Waals surface area contributed by atoms with Gasteiger partial charge in [-0.05, 0) is 36.8 Å². The first-order chi connectivity index (χ1) is 10.9. The van der Waals surface area contributed by atoms with Crippen LogP contribution in [-0.2, 0) is 10.0 Å². The lowest BCUT2D eigenvalue weighted by atomic mass is 10.2. The highest BCUT2D eigenvalue weighted by atomic mass is 35.5. The topological polar surface area (TPSA) is 84.1 Å². The smallest absolute Gasteiger partial charge is 0.265 e. The third-order valence-corrected chi connectivity index (χ3v) is 4.95. The number of hydrogen-bond acceptors (Lipinski definition) is 4. The van der Waals surface area contributed by atoms with E-state index in [9.17, 15) is 8.42 Å². The Labute approximate surface area is 138 Å². The molecule has 1 aromatic carbocycles. The highest BCUT2D eigenvalue weighted by molar-refractivity contribution is 7.93. The zero-order chi connectivity index (χ0) is 16.6. The van der Waals surface area contributed by atoms with E-state index >= 15 is 0 Å². The predicted octanol–water partition coefficient (Wildman–Crippen LogP) is 3.33. The number of ether oxygens (including phenoxy) is 1. The number of aromatic amines is 1. The number of sulfonamides is 1. The first-order valence-corrected chi connectivity index (χ1v) is 8.57. The monoisotopic (exact) mass is 351 g/mol. The largest absolute Gasteiger partial charge is 0.493 e. The van der Waals surface area contributed by atoms with Gasteiger partial charge in [0.15, 0.2) is 11.6 Å². The SMILES string of the molecule is COc1cc(C)cnc1NS(=O)(=O)c1c[nH]c2cc(Cl)ccc12. The van der Waals surface area contributed by atoms with Crippen molar-refractivity contribution >= 4 is 38.3 Å². The van der Waals surface area contributed by atoms with Crippen molar-refractivity contribution in [3.05, 3.63) is 47.2 Å². The second kappa shape index (κ2) is 5.75. The number of nitrogens with zero attached hydrogens (tertiary/aromatic N) is 1. The number of H-pyrrole nitrogens is 1. The Kier molecular flexibility index (Phi) is 3.91. The molecule has 0 bridgehead atoms. The molecule has 23 heavy (non-hydrogen) atoms. The van der Waals surface area contributed by atoms with E-state index in [0.29, 0.717) is 21.7 Å². The van der Waals surface area contributed by atoms with Crippen LogP contribution in [0.1, 0.15) is 5.56 Å². The number of hydrogen-bond donors (Lipinski definition) is 2. The van der Waals surface area contributed by atoms with Crippen LogP contribution in [0.4, 0.5) is 5.82 Å². The minimum atomic E-state index is -3.82. The van der Waals surface area contributed by atoms with Crippen LogP contribution in [-0.4, -0.2) is 25.5 Å². The fraction of sp³-hybridized carbons (Fsp3) is 0.133. The predicted molar refractivity (Wildman–Crippen MR) is 89.6 cm³/mol. The van der Waals surface area contributed by atoms with E-state index in [-0.39, 0.29) is 10.7 Å². The van der Waals surface area contributed by atoms with Crippen molar-refractivity contribution < 1.29 is 13.2 Å². The first-order valence-electron chi connectivity index (χ1n) is 6.71. The molecule has 8 heteroatoms. The fourth-order valence-corrected chi connectivity index (χ4v) is 3.62. The molecule has 0 aliphatic heterocycles. The molecule has 0 fully saturated rings. The first kappa shape index (κ1) is 15.6. The van der Waals surface area contributed by atoms with Crippen LogP contribution in [0.5, 0.6) is 5.75 Å². The zero-order valence-corrected chi connectivity index (χ0v) is 14.0. The van der Waals surface area contributed by atoms with Crippen LogP contribution in [0.15, 0.2) is 41.6 Å². The molecule has 2 N–H and O–H groups in total. The third kappa shape index (κ3) is 2.97. The number of anilines is 1. The Hall–Kier alpha value is -2.25. The van der Waals surface area contributed by atoms with Crippen LogP contribution in [0, 0.1) is 6.92 Å². The van der Waals surface area contributed by atoms with Gasteiger partial charge in [0.1, 0.15) is 4.90 Å². The summed E-state index contributed by atoms with van der Waals surface area (Å²) in [5.74, 6) is 0.498. The van der Waals surface area contributed by atoms with E-state index in [1.165, 1.54) is 13.3 Å². The molecule has 3 rings (SSSR count). The van der Waals surface area contributed by atoms with E-state index in [4.69, 9.17) is 16.3 Å². The molecule has 0 saturated heterocycles. The summed E-state index contributed by atoms with van der Waals surface area (Å²) in [5.41, 5.74) is 1.51. The number of aryl methyl sites for hydroxylation is 1. The summed E-state index contributed by atoms with van der Waals surface area (Å²) >= 11 is 5.91. The standard InChI is InChI=1S/C15H14ClN3O3S/c1-9-5-13(22-2)15(18-7-9)19-23(20,21)14-8-17-12-6-10(16)3-4-11(12)14/h3-8,17H,1-2H3,(H,18,19). The Morgan fingerprint density at radius 1 is 1.30 bits per heavy atom. The van der Waals surface area contributed by atoms with Crippen molar-refractivity contribution in [3.8, 4) is 5.75 Å². The molecule has 0 radical (unpaired) electrons. The van der Waals surface area contributed by atoms with Crippen molar-refractivity contribution in [3.63, 3.8) is 0 Å². The summed E-state index contributed by atoms with van der Waals surface area (Å²) in [6, 6.07) is 6.67. The molecule has 0 saturated carbocycles. The quantitative estimate of drug-likeness (QED) is 0.755. The Bertz CT molecular complexity index is 983. The van der Waals surface area contributed by atoms with E-state index in [0.717, 1.165) is 5.56 Å². The summed E-state index contributed by atoms with van der Waals surface area (Å²) < 4.78 is 32.9. The number of benzene rings is 1. The highest BCUT2D eigenvalue weighted by Gasteiger charge is 2.21. The molecule has 120 valence electrons. The molecule has 3 aromatic rings.